The van der Waals surface area contributed by atoms with Gasteiger partial charge in [-0.05, 0) is 63.4 Å². The van der Waals surface area contributed by atoms with Gasteiger partial charge in [0.1, 0.15) is 4.88 Å². The van der Waals surface area contributed by atoms with E-state index in [2.05, 4.69) is 6.92 Å². The molecule has 2 heterocycles. The average molecular weight is 488 g/mol. The van der Waals surface area contributed by atoms with E-state index in [0.717, 1.165) is 48.2 Å². The van der Waals surface area contributed by atoms with Crippen molar-refractivity contribution in [3.63, 3.8) is 0 Å². The van der Waals surface area contributed by atoms with Gasteiger partial charge in [-0.15, -0.1) is 11.3 Å². The van der Waals surface area contributed by atoms with Crippen molar-refractivity contribution in [2.45, 2.75) is 90.6 Å². The molecule has 1 aliphatic heterocycles. The number of aliphatic hydroxyl groups excluding tert-OH is 1. The molecular formula is C27H37NO5S. The molecule has 2 unspecified atom stereocenters. The van der Waals surface area contributed by atoms with Gasteiger partial charge >= 0.3 is 5.97 Å². The first-order valence-corrected chi connectivity index (χ1v) is 13.1. The zero-order valence-corrected chi connectivity index (χ0v) is 21.5. The fourth-order valence-corrected chi connectivity index (χ4v) is 5.05. The van der Waals surface area contributed by atoms with Crippen LogP contribution in [0.2, 0.25) is 0 Å². The topological polar surface area (TPSA) is 76.1 Å². The van der Waals surface area contributed by atoms with Crippen LogP contribution in [-0.4, -0.2) is 35.7 Å². The minimum Gasteiger partial charge on any atom is -0.459 e. The first kappa shape index (κ1) is 26.4. The highest BCUT2D eigenvalue weighted by Gasteiger charge is 2.33. The second kappa shape index (κ2) is 12.5. The number of aliphatic hydroxyl groups is 1. The largest absolute Gasteiger partial charge is 0.459 e. The number of carbonyl (C=O) groups is 2. The number of amides is 1. The molecule has 1 fully saturated rings. The molecule has 0 aliphatic carbocycles. The smallest absolute Gasteiger partial charge is 0.348 e. The monoisotopic (exact) mass is 487 g/mol. The molecule has 1 saturated heterocycles. The third-order valence-electron chi connectivity index (χ3n) is 6.07. The number of ether oxygens (including phenoxy) is 2. The van der Waals surface area contributed by atoms with Gasteiger partial charge in [0.2, 0.25) is 5.91 Å². The van der Waals surface area contributed by atoms with Crippen molar-refractivity contribution in [3.8, 4) is 0 Å². The molecule has 6 nitrogen and oxygen atoms in total. The summed E-state index contributed by atoms with van der Waals surface area (Å²) in [7, 11) is 0. The lowest BCUT2D eigenvalue weighted by molar-refractivity contribution is -0.117. The van der Waals surface area contributed by atoms with E-state index in [4.69, 9.17) is 9.47 Å². The Morgan fingerprint density at radius 1 is 1.15 bits per heavy atom. The zero-order chi connectivity index (χ0) is 24.7. The van der Waals surface area contributed by atoms with Gasteiger partial charge in [0, 0.05) is 17.0 Å². The maximum absolute atomic E-state index is 12.6. The number of nitrogens with zero attached hydrogens (tertiary/aromatic N) is 1. The molecule has 2 aromatic rings. The lowest BCUT2D eigenvalue weighted by Crippen LogP contribution is -2.36. The molecule has 34 heavy (non-hydrogen) atoms. The first-order valence-electron chi connectivity index (χ1n) is 12.3. The van der Waals surface area contributed by atoms with E-state index < -0.39 is 6.10 Å². The summed E-state index contributed by atoms with van der Waals surface area (Å²) in [5.74, 6) is -0.225. The number of rotatable bonds is 12. The summed E-state index contributed by atoms with van der Waals surface area (Å²) in [5, 5.41) is 10.4. The van der Waals surface area contributed by atoms with Gasteiger partial charge in [-0.2, -0.15) is 0 Å². The highest BCUT2D eigenvalue weighted by atomic mass is 32.1. The van der Waals surface area contributed by atoms with Gasteiger partial charge in [-0.1, -0.05) is 38.3 Å². The van der Waals surface area contributed by atoms with Crippen molar-refractivity contribution < 1.29 is 24.2 Å². The third-order valence-corrected chi connectivity index (χ3v) is 7.30. The standard InChI is InChI=1S/C27H37NO5S/c1-5-6-7-8-23(29)20-9-11-21(12-10-20)28-22(13-16-26(28)30)17-32-19(4)24-14-15-25(34-24)27(31)33-18(2)3/h9-12,14-15,18-19,22-23,29H,5-8,13,16-17H2,1-4H3/t19?,22?,23-/m0/s1. The predicted octanol–water partition coefficient (Wildman–Crippen LogP) is 6.20. The minimum absolute atomic E-state index is 0.0411. The fraction of sp³-hybridized carbons (Fsp3) is 0.556. The predicted molar refractivity (Wildman–Crippen MR) is 135 cm³/mol. The van der Waals surface area contributed by atoms with Crippen molar-refractivity contribution in [2.75, 3.05) is 11.5 Å². The van der Waals surface area contributed by atoms with Gasteiger partial charge in [0.15, 0.2) is 0 Å². The van der Waals surface area contributed by atoms with Crippen LogP contribution in [0.1, 0.15) is 98.5 Å². The minimum atomic E-state index is -0.469. The maximum atomic E-state index is 12.6. The summed E-state index contributed by atoms with van der Waals surface area (Å²) in [6, 6.07) is 11.3. The average Bonchev–Trinajstić information content (AvgIpc) is 3.44. The molecule has 7 heteroatoms. The molecule has 0 radical (unpaired) electrons. The Morgan fingerprint density at radius 2 is 1.88 bits per heavy atom. The Labute approximate surface area is 206 Å². The van der Waals surface area contributed by atoms with Crippen LogP contribution in [0.25, 0.3) is 0 Å². The molecule has 3 atom stereocenters. The molecule has 1 aliphatic rings. The van der Waals surface area contributed by atoms with E-state index in [1.54, 1.807) is 6.07 Å². The highest BCUT2D eigenvalue weighted by molar-refractivity contribution is 7.14. The van der Waals surface area contributed by atoms with Crippen LogP contribution in [0, 0.1) is 0 Å². The summed E-state index contributed by atoms with van der Waals surface area (Å²) < 4.78 is 11.4. The van der Waals surface area contributed by atoms with E-state index in [1.807, 2.05) is 56.0 Å². The van der Waals surface area contributed by atoms with Crippen molar-refractivity contribution in [1.82, 2.24) is 0 Å². The molecule has 1 N–H and O–H groups in total. The molecule has 0 spiro atoms. The first-order chi connectivity index (χ1) is 16.3. The lowest BCUT2D eigenvalue weighted by atomic mass is 10.0. The lowest BCUT2D eigenvalue weighted by Gasteiger charge is -2.26. The summed E-state index contributed by atoms with van der Waals surface area (Å²) >= 11 is 1.38. The van der Waals surface area contributed by atoms with Crippen LogP contribution in [0.15, 0.2) is 36.4 Å². The second-order valence-electron chi connectivity index (χ2n) is 9.19. The Kier molecular flexibility index (Phi) is 9.68. The van der Waals surface area contributed by atoms with Gasteiger partial charge < -0.3 is 19.5 Å². The van der Waals surface area contributed by atoms with Crippen LogP contribution in [0.3, 0.4) is 0 Å². The van der Waals surface area contributed by atoms with Crippen molar-refractivity contribution in [2.24, 2.45) is 0 Å². The fourth-order valence-electron chi connectivity index (χ4n) is 4.16. The zero-order valence-electron chi connectivity index (χ0n) is 20.7. The number of benzene rings is 1. The normalized spacial score (nSPS) is 17.9. The Morgan fingerprint density at radius 3 is 2.56 bits per heavy atom. The van der Waals surface area contributed by atoms with Gasteiger partial charge in [0.05, 0.1) is 31.0 Å². The van der Waals surface area contributed by atoms with Gasteiger partial charge in [-0.3, -0.25) is 4.79 Å². The van der Waals surface area contributed by atoms with E-state index >= 15 is 0 Å². The van der Waals surface area contributed by atoms with E-state index in [1.165, 1.54) is 11.3 Å². The number of hydrogen-bond donors (Lipinski definition) is 1. The molecule has 3 rings (SSSR count). The number of hydrogen-bond acceptors (Lipinski definition) is 6. The molecule has 186 valence electrons. The number of esters is 1. The van der Waals surface area contributed by atoms with E-state index in [9.17, 15) is 14.7 Å². The molecule has 1 aromatic heterocycles. The number of carbonyl (C=O) groups excluding carboxylic acids is 2. The van der Waals surface area contributed by atoms with Gasteiger partial charge in [-0.25, -0.2) is 4.79 Å². The molecule has 1 aromatic carbocycles. The molecular weight excluding hydrogens is 450 g/mol. The summed E-state index contributed by atoms with van der Waals surface area (Å²) in [6.45, 7) is 8.18. The Bertz CT molecular complexity index is 939. The SMILES string of the molecule is CCCCC[C@H](O)c1ccc(N2C(=O)CCC2COC(C)c2ccc(C(=O)OC(C)C)s2)cc1. The van der Waals surface area contributed by atoms with Crippen LogP contribution < -0.4 is 4.90 Å². The van der Waals surface area contributed by atoms with Crippen LogP contribution >= 0.6 is 11.3 Å². The quantitative estimate of drug-likeness (QED) is 0.285. The third kappa shape index (κ3) is 6.90. The number of unbranched alkanes of at least 4 members (excludes halogenated alkanes) is 2. The number of anilines is 1. The van der Waals surface area contributed by atoms with Crippen molar-refractivity contribution in [1.29, 1.82) is 0 Å². The highest BCUT2D eigenvalue weighted by Crippen LogP contribution is 2.31. The van der Waals surface area contributed by atoms with Crippen molar-refractivity contribution >= 4 is 28.9 Å². The summed E-state index contributed by atoms with van der Waals surface area (Å²) in [6.07, 6.45) is 4.42. The van der Waals surface area contributed by atoms with Crippen molar-refractivity contribution in [3.05, 3.63) is 51.7 Å². The summed E-state index contributed by atoms with van der Waals surface area (Å²) in [4.78, 5) is 28.1. The molecule has 1 amide bonds. The molecule has 0 saturated carbocycles. The summed E-state index contributed by atoms with van der Waals surface area (Å²) in [5.41, 5.74) is 1.72. The van der Waals surface area contributed by atoms with E-state index in [0.29, 0.717) is 17.9 Å². The van der Waals surface area contributed by atoms with E-state index in [-0.39, 0.29) is 30.1 Å². The Hall–Kier alpha value is -2.22. The van der Waals surface area contributed by atoms with Crippen LogP contribution in [0.4, 0.5) is 5.69 Å². The van der Waals surface area contributed by atoms with Gasteiger partial charge in [0.25, 0.3) is 0 Å². The Balaban J connectivity index is 1.58. The second-order valence-corrected chi connectivity index (χ2v) is 10.3. The maximum Gasteiger partial charge on any atom is 0.348 e. The number of thiophene rings is 1. The molecule has 0 bridgehead atoms. The van der Waals surface area contributed by atoms with Crippen LogP contribution in [0.5, 0.6) is 0 Å². The van der Waals surface area contributed by atoms with Crippen LogP contribution in [-0.2, 0) is 14.3 Å².